The molecule has 2 aromatic rings. The predicted octanol–water partition coefficient (Wildman–Crippen LogP) is 4.10. The van der Waals surface area contributed by atoms with Gasteiger partial charge in [-0.15, -0.1) is 11.3 Å². The van der Waals surface area contributed by atoms with E-state index in [9.17, 15) is 0 Å². The summed E-state index contributed by atoms with van der Waals surface area (Å²) in [6.07, 6.45) is 0. The van der Waals surface area contributed by atoms with E-state index in [1.165, 1.54) is 0 Å². The maximum Gasteiger partial charge on any atom is 0.0646 e. The van der Waals surface area contributed by atoms with Crippen molar-refractivity contribution in [2.75, 3.05) is 0 Å². The SMILES string of the molecule is N[C@@H](c1ccc(Cl)c(Cl)c1)c1cccs1. The van der Waals surface area contributed by atoms with Crippen molar-refractivity contribution in [1.82, 2.24) is 0 Å². The summed E-state index contributed by atoms with van der Waals surface area (Å²) in [7, 11) is 0. The second-order valence-corrected chi connectivity index (χ2v) is 4.96. The summed E-state index contributed by atoms with van der Waals surface area (Å²) in [5, 5.41) is 3.10. The van der Waals surface area contributed by atoms with E-state index >= 15 is 0 Å². The largest absolute Gasteiger partial charge is 0.320 e. The average molecular weight is 258 g/mol. The molecule has 0 saturated carbocycles. The van der Waals surface area contributed by atoms with Crippen LogP contribution in [0.5, 0.6) is 0 Å². The van der Waals surface area contributed by atoms with Gasteiger partial charge in [0.15, 0.2) is 0 Å². The summed E-state index contributed by atoms with van der Waals surface area (Å²) >= 11 is 13.4. The first-order valence-corrected chi connectivity index (χ1v) is 6.06. The van der Waals surface area contributed by atoms with Gasteiger partial charge in [-0.2, -0.15) is 0 Å². The molecule has 0 bridgehead atoms. The van der Waals surface area contributed by atoms with Crippen molar-refractivity contribution < 1.29 is 0 Å². The van der Waals surface area contributed by atoms with Crippen molar-refractivity contribution in [1.29, 1.82) is 0 Å². The highest BCUT2D eigenvalue weighted by molar-refractivity contribution is 7.10. The molecule has 0 aliphatic heterocycles. The average Bonchev–Trinajstić information content (AvgIpc) is 2.74. The number of nitrogens with two attached hydrogens (primary N) is 1. The number of thiophene rings is 1. The zero-order valence-electron chi connectivity index (χ0n) is 7.78. The van der Waals surface area contributed by atoms with Gasteiger partial charge in [0.05, 0.1) is 16.1 Å². The number of hydrogen-bond donors (Lipinski definition) is 1. The van der Waals surface area contributed by atoms with E-state index < -0.39 is 0 Å². The van der Waals surface area contributed by atoms with Gasteiger partial charge < -0.3 is 5.73 Å². The lowest BCUT2D eigenvalue weighted by molar-refractivity contribution is 0.894. The lowest BCUT2D eigenvalue weighted by Crippen LogP contribution is -2.09. The summed E-state index contributed by atoms with van der Waals surface area (Å²) in [6, 6.07) is 9.36. The first-order chi connectivity index (χ1) is 7.18. The molecule has 4 heteroatoms. The maximum atomic E-state index is 6.09. The highest BCUT2D eigenvalue weighted by atomic mass is 35.5. The van der Waals surface area contributed by atoms with Gasteiger partial charge in [-0.05, 0) is 29.1 Å². The van der Waals surface area contributed by atoms with Gasteiger partial charge in [-0.3, -0.25) is 0 Å². The van der Waals surface area contributed by atoms with Gasteiger partial charge in [-0.25, -0.2) is 0 Å². The third kappa shape index (κ3) is 2.34. The van der Waals surface area contributed by atoms with Gasteiger partial charge in [-0.1, -0.05) is 35.3 Å². The van der Waals surface area contributed by atoms with Crippen molar-refractivity contribution in [3.63, 3.8) is 0 Å². The summed E-state index contributed by atoms with van der Waals surface area (Å²) < 4.78 is 0. The fourth-order valence-electron chi connectivity index (χ4n) is 1.34. The summed E-state index contributed by atoms with van der Waals surface area (Å²) in [6.45, 7) is 0. The van der Waals surface area contributed by atoms with Crippen molar-refractivity contribution >= 4 is 34.5 Å². The fourth-order valence-corrected chi connectivity index (χ4v) is 2.40. The van der Waals surface area contributed by atoms with Crippen LogP contribution < -0.4 is 5.73 Å². The Morgan fingerprint density at radius 2 is 1.93 bits per heavy atom. The number of benzene rings is 1. The Morgan fingerprint density at radius 1 is 1.13 bits per heavy atom. The lowest BCUT2D eigenvalue weighted by atomic mass is 10.1. The van der Waals surface area contributed by atoms with Crippen molar-refractivity contribution in [2.45, 2.75) is 6.04 Å². The number of halogens is 2. The molecule has 0 fully saturated rings. The fraction of sp³-hybridized carbons (Fsp3) is 0.0909. The van der Waals surface area contributed by atoms with Crippen LogP contribution in [0, 0.1) is 0 Å². The molecular formula is C11H9Cl2NS. The van der Waals surface area contributed by atoms with Crippen LogP contribution in [0.3, 0.4) is 0 Å². The Hall–Kier alpha value is -0.540. The Bertz CT molecular complexity index is 454. The van der Waals surface area contributed by atoms with Crippen LogP contribution in [-0.2, 0) is 0 Å². The van der Waals surface area contributed by atoms with Crippen LogP contribution in [0.1, 0.15) is 16.5 Å². The molecule has 2 N–H and O–H groups in total. The Morgan fingerprint density at radius 3 is 2.53 bits per heavy atom. The van der Waals surface area contributed by atoms with Crippen LogP contribution in [0.4, 0.5) is 0 Å². The van der Waals surface area contributed by atoms with E-state index in [-0.39, 0.29) is 6.04 Å². The summed E-state index contributed by atoms with van der Waals surface area (Å²) in [4.78, 5) is 1.12. The van der Waals surface area contributed by atoms with Crippen LogP contribution in [0.25, 0.3) is 0 Å². The van der Waals surface area contributed by atoms with Gasteiger partial charge in [0, 0.05) is 4.88 Å². The van der Waals surface area contributed by atoms with Crippen LogP contribution in [0.2, 0.25) is 10.0 Å². The van der Waals surface area contributed by atoms with Crippen LogP contribution in [0.15, 0.2) is 35.7 Å². The first kappa shape index (κ1) is 11.0. The third-order valence-corrected chi connectivity index (χ3v) is 3.85. The molecule has 2 rings (SSSR count). The Balaban J connectivity index is 2.34. The highest BCUT2D eigenvalue weighted by Gasteiger charge is 2.10. The second kappa shape index (κ2) is 4.54. The number of hydrogen-bond acceptors (Lipinski definition) is 2. The Kier molecular flexibility index (Phi) is 3.32. The quantitative estimate of drug-likeness (QED) is 0.862. The van der Waals surface area contributed by atoms with Gasteiger partial charge >= 0.3 is 0 Å². The second-order valence-electron chi connectivity index (χ2n) is 3.17. The minimum Gasteiger partial charge on any atom is -0.320 e. The Labute approximate surface area is 102 Å². The highest BCUT2D eigenvalue weighted by Crippen LogP contribution is 2.29. The molecule has 0 unspecified atom stereocenters. The molecule has 1 atom stereocenters. The zero-order valence-corrected chi connectivity index (χ0v) is 10.1. The molecule has 15 heavy (non-hydrogen) atoms. The molecule has 0 amide bonds. The zero-order chi connectivity index (χ0) is 10.8. The monoisotopic (exact) mass is 257 g/mol. The van der Waals surface area contributed by atoms with E-state index in [0.717, 1.165) is 10.4 Å². The smallest absolute Gasteiger partial charge is 0.0646 e. The summed E-state index contributed by atoms with van der Waals surface area (Å²) in [5.74, 6) is 0. The van der Waals surface area contributed by atoms with Gasteiger partial charge in [0.25, 0.3) is 0 Å². The van der Waals surface area contributed by atoms with Crippen molar-refractivity contribution in [3.05, 3.63) is 56.2 Å². The predicted molar refractivity (Wildman–Crippen MR) is 66.8 cm³/mol. The molecule has 78 valence electrons. The van der Waals surface area contributed by atoms with Crippen molar-refractivity contribution in [2.24, 2.45) is 5.73 Å². The molecule has 0 radical (unpaired) electrons. The van der Waals surface area contributed by atoms with Crippen molar-refractivity contribution in [3.8, 4) is 0 Å². The minimum atomic E-state index is -0.125. The molecule has 0 aliphatic rings. The molecule has 1 aromatic carbocycles. The molecular weight excluding hydrogens is 249 g/mol. The molecule has 0 spiro atoms. The van der Waals surface area contributed by atoms with Gasteiger partial charge in [0.2, 0.25) is 0 Å². The maximum absolute atomic E-state index is 6.09. The normalized spacial score (nSPS) is 12.7. The lowest BCUT2D eigenvalue weighted by Gasteiger charge is -2.10. The van der Waals surface area contributed by atoms with E-state index in [1.807, 2.05) is 29.6 Å². The van der Waals surface area contributed by atoms with E-state index in [1.54, 1.807) is 17.4 Å². The molecule has 1 aromatic heterocycles. The third-order valence-electron chi connectivity index (χ3n) is 2.15. The standard InChI is InChI=1S/C11H9Cl2NS/c12-8-4-3-7(6-9(8)13)11(14)10-2-1-5-15-10/h1-6,11H,14H2/t11-/m0/s1. The van der Waals surface area contributed by atoms with E-state index in [2.05, 4.69) is 0 Å². The van der Waals surface area contributed by atoms with Gasteiger partial charge in [0.1, 0.15) is 0 Å². The molecule has 0 saturated heterocycles. The van der Waals surface area contributed by atoms with Crippen LogP contribution in [-0.4, -0.2) is 0 Å². The number of rotatable bonds is 2. The van der Waals surface area contributed by atoms with Crippen LogP contribution >= 0.6 is 34.5 Å². The van der Waals surface area contributed by atoms with E-state index in [0.29, 0.717) is 10.0 Å². The minimum absolute atomic E-state index is 0.125. The first-order valence-electron chi connectivity index (χ1n) is 4.42. The van der Waals surface area contributed by atoms with E-state index in [4.69, 9.17) is 28.9 Å². The summed E-state index contributed by atoms with van der Waals surface area (Å²) in [5.41, 5.74) is 7.07. The topological polar surface area (TPSA) is 26.0 Å². The molecule has 1 nitrogen and oxygen atoms in total. The molecule has 0 aliphatic carbocycles. The molecule has 1 heterocycles.